The van der Waals surface area contributed by atoms with Gasteiger partial charge in [0.25, 0.3) is 0 Å². The number of anilines is 1. The smallest absolute Gasteiger partial charge is 0.376 e. The third-order valence-electron chi connectivity index (χ3n) is 2.84. The summed E-state index contributed by atoms with van der Waals surface area (Å²) in [7, 11) is 0. The van der Waals surface area contributed by atoms with Crippen LogP contribution in [-0.4, -0.2) is 16.6 Å². The summed E-state index contributed by atoms with van der Waals surface area (Å²) >= 11 is 6.26. The molecule has 0 unspecified atom stereocenters. The molecule has 2 N–H and O–H groups in total. The molecule has 0 atom stereocenters. The van der Waals surface area contributed by atoms with Gasteiger partial charge in [-0.25, -0.2) is 4.98 Å². The molecular weight excluding hydrogens is 319 g/mol. The molecule has 0 fully saturated rings. The summed E-state index contributed by atoms with van der Waals surface area (Å²) < 4.78 is 38.8. The maximum absolute atomic E-state index is 12.9. The van der Waals surface area contributed by atoms with Gasteiger partial charge in [-0.3, -0.25) is 4.90 Å². The van der Waals surface area contributed by atoms with Crippen molar-refractivity contribution in [3.05, 3.63) is 47.0 Å². The lowest BCUT2D eigenvalue weighted by molar-refractivity contribution is -0.138. The molecule has 21 heavy (non-hydrogen) atoms. The van der Waals surface area contributed by atoms with Crippen LogP contribution in [0.25, 0.3) is 0 Å². The van der Waals surface area contributed by atoms with E-state index in [1.165, 1.54) is 28.4 Å². The van der Waals surface area contributed by atoms with Gasteiger partial charge in [0.1, 0.15) is 0 Å². The number of hydrogen-bond acceptors (Lipinski definition) is 3. The Hall–Kier alpha value is -1.67. The van der Waals surface area contributed by atoms with E-state index in [2.05, 4.69) is 4.98 Å². The van der Waals surface area contributed by atoms with Gasteiger partial charge in [-0.2, -0.15) is 13.2 Å². The molecule has 0 saturated heterocycles. The molecule has 0 radical (unpaired) electrons. The highest BCUT2D eigenvalue weighted by molar-refractivity contribution is 7.80. The quantitative estimate of drug-likeness (QED) is 0.872. The van der Waals surface area contributed by atoms with E-state index in [0.29, 0.717) is 5.13 Å². The molecule has 112 valence electrons. The topological polar surface area (TPSA) is 42.1 Å². The fraction of sp³-hybridized carbons (Fsp3) is 0.231. The Morgan fingerprint density at radius 3 is 2.62 bits per heavy atom. The van der Waals surface area contributed by atoms with Gasteiger partial charge in [0, 0.05) is 18.1 Å². The monoisotopic (exact) mass is 331 g/mol. The van der Waals surface area contributed by atoms with Crippen molar-refractivity contribution in [3.8, 4) is 0 Å². The summed E-state index contributed by atoms with van der Waals surface area (Å²) in [5.74, 6) is 0. The lowest BCUT2D eigenvalue weighted by Gasteiger charge is -2.20. The summed E-state index contributed by atoms with van der Waals surface area (Å²) in [5, 5.41) is 2.42. The second-order valence-corrected chi connectivity index (χ2v) is 5.50. The van der Waals surface area contributed by atoms with Gasteiger partial charge in [0.05, 0.1) is 5.56 Å². The first-order valence-corrected chi connectivity index (χ1v) is 7.30. The minimum Gasteiger partial charge on any atom is -0.376 e. The van der Waals surface area contributed by atoms with Crippen LogP contribution in [0.2, 0.25) is 0 Å². The number of alkyl halides is 3. The zero-order valence-electron chi connectivity index (χ0n) is 10.8. The molecule has 0 saturated carbocycles. The summed E-state index contributed by atoms with van der Waals surface area (Å²) in [6.07, 6.45) is -2.60. The largest absolute Gasteiger partial charge is 0.416 e. The van der Waals surface area contributed by atoms with Gasteiger partial charge < -0.3 is 5.73 Å². The molecule has 1 heterocycles. The molecule has 2 rings (SSSR count). The molecule has 2 aromatic rings. The highest BCUT2D eigenvalue weighted by atomic mass is 32.1. The lowest BCUT2D eigenvalue weighted by Crippen LogP contribution is -2.37. The predicted molar refractivity (Wildman–Crippen MR) is 81.4 cm³/mol. The lowest BCUT2D eigenvalue weighted by atomic mass is 10.0. The normalized spacial score (nSPS) is 11.4. The number of aromatic nitrogens is 1. The summed E-state index contributed by atoms with van der Waals surface area (Å²) in [5.41, 5.74) is 5.20. The molecular formula is C13H12F3N3S2. The van der Waals surface area contributed by atoms with Crippen molar-refractivity contribution in [1.29, 1.82) is 0 Å². The molecule has 0 aliphatic carbocycles. The molecule has 0 aliphatic heterocycles. The van der Waals surface area contributed by atoms with Crippen LogP contribution in [0.3, 0.4) is 0 Å². The number of halogens is 3. The minimum absolute atomic E-state index is 0.0921. The number of benzene rings is 1. The molecule has 0 bridgehead atoms. The number of nitrogens with zero attached hydrogens (tertiary/aromatic N) is 2. The number of rotatable bonds is 4. The van der Waals surface area contributed by atoms with Crippen molar-refractivity contribution < 1.29 is 13.2 Å². The zero-order valence-corrected chi connectivity index (χ0v) is 12.4. The summed E-state index contributed by atoms with van der Waals surface area (Å²) in [6.45, 7) is 0.246. The molecule has 0 aliphatic rings. The fourth-order valence-electron chi connectivity index (χ4n) is 1.90. The second-order valence-electron chi connectivity index (χ2n) is 4.21. The van der Waals surface area contributed by atoms with Crippen molar-refractivity contribution in [2.45, 2.75) is 12.6 Å². The van der Waals surface area contributed by atoms with E-state index in [-0.39, 0.29) is 23.6 Å². The average Bonchev–Trinajstić information content (AvgIpc) is 2.92. The van der Waals surface area contributed by atoms with Crippen LogP contribution in [0.5, 0.6) is 0 Å². The SMILES string of the molecule is NC(=S)N(CCc1ccccc1C(F)(F)F)c1nccs1. The Balaban J connectivity index is 2.17. The van der Waals surface area contributed by atoms with Crippen LogP contribution in [-0.2, 0) is 12.6 Å². The predicted octanol–water partition coefficient (Wildman–Crippen LogP) is 3.45. The zero-order chi connectivity index (χ0) is 15.5. The maximum atomic E-state index is 12.9. The second kappa shape index (κ2) is 6.40. The number of thiocarbonyl (C=S) groups is 1. The number of thiazole rings is 1. The minimum atomic E-state index is -4.37. The number of nitrogens with two attached hydrogens (primary N) is 1. The molecule has 3 nitrogen and oxygen atoms in total. The van der Waals surface area contributed by atoms with E-state index < -0.39 is 11.7 Å². The van der Waals surface area contributed by atoms with Crippen LogP contribution in [0, 0.1) is 0 Å². The average molecular weight is 331 g/mol. The molecule has 0 amide bonds. The van der Waals surface area contributed by atoms with Crippen molar-refractivity contribution >= 4 is 33.8 Å². The Morgan fingerprint density at radius 1 is 1.33 bits per heavy atom. The Labute approximate surface area is 129 Å². The van der Waals surface area contributed by atoms with E-state index in [4.69, 9.17) is 18.0 Å². The van der Waals surface area contributed by atoms with Crippen LogP contribution >= 0.6 is 23.6 Å². The van der Waals surface area contributed by atoms with Crippen LogP contribution in [0.4, 0.5) is 18.3 Å². The molecule has 1 aromatic heterocycles. The van der Waals surface area contributed by atoms with Crippen molar-refractivity contribution in [1.82, 2.24) is 4.98 Å². The van der Waals surface area contributed by atoms with E-state index >= 15 is 0 Å². The van der Waals surface area contributed by atoms with Crippen molar-refractivity contribution in [2.75, 3.05) is 11.4 Å². The van der Waals surface area contributed by atoms with Gasteiger partial charge in [0.2, 0.25) is 0 Å². The Morgan fingerprint density at radius 2 is 2.05 bits per heavy atom. The van der Waals surface area contributed by atoms with Crippen molar-refractivity contribution in [2.24, 2.45) is 5.73 Å². The van der Waals surface area contributed by atoms with E-state index in [1.807, 2.05) is 0 Å². The Bertz CT molecular complexity index is 611. The standard InChI is InChI=1S/C13H12F3N3S2/c14-13(15,16)10-4-2-1-3-9(10)5-7-19(11(17)20)12-18-6-8-21-12/h1-4,6,8H,5,7H2,(H2,17,20). The van der Waals surface area contributed by atoms with Crippen LogP contribution in [0.15, 0.2) is 35.8 Å². The van der Waals surface area contributed by atoms with Gasteiger partial charge in [0.15, 0.2) is 10.2 Å². The third-order valence-corrected chi connectivity index (χ3v) is 3.86. The Kier molecular flexibility index (Phi) is 4.79. The van der Waals surface area contributed by atoms with Crippen molar-refractivity contribution in [3.63, 3.8) is 0 Å². The molecule has 8 heteroatoms. The van der Waals surface area contributed by atoms with E-state index in [1.54, 1.807) is 17.6 Å². The highest BCUT2D eigenvalue weighted by Gasteiger charge is 2.32. The number of hydrogen-bond donors (Lipinski definition) is 1. The van der Waals surface area contributed by atoms with Gasteiger partial charge >= 0.3 is 6.18 Å². The van der Waals surface area contributed by atoms with Gasteiger partial charge in [-0.15, -0.1) is 11.3 Å². The summed E-state index contributed by atoms with van der Waals surface area (Å²) in [4.78, 5) is 5.61. The first kappa shape index (κ1) is 15.7. The van der Waals surface area contributed by atoms with E-state index in [9.17, 15) is 13.2 Å². The fourth-order valence-corrected chi connectivity index (χ4v) is 2.81. The van der Waals surface area contributed by atoms with E-state index in [0.717, 1.165) is 6.07 Å². The van der Waals surface area contributed by atoms with Crippen LogP contribution < -0.4 is 10.6 Å². The van der Waals surface area contributed by atoms with Gasteiger partial charge in [-0.1, -0.05) is 18.2 Å². The summed E-state index contributed by atoms with van der Waals surface area (Å²) in [6, 6.07) is 5.49. The first-order chi connectivity index (χ1) is 9.89. The maximum Gasteiger partial charge on any atom is 0.416 e. The van der Waals surface area contributed by atoms with Crippen LogP contribution in [0.1, 0.15) is 11.1 Å². The van der Waals surface area contributed by atoms with Gasteiger partial charge in [-0.05, 0) is 30.3 Å². The molecule has 0 spiro atoms. The first-order valence-electron chi connectivity index (χ1n) is 6.01. The highest BCUT2D eigenvalue weighted by Crippen LogP contribution is 2.32. The third kappa shape index (κ3) is 3.92. The molecule has 1 aromatic carbocycles.